The zero-order valence-corrected chi connectivity index (χ0v) is 12.0. The smallest absolute Gasteiger partial charge is 0.349 e. The molecule has 0 saturated heterocycles. The molecule has 0 aromatic carbocycles. The minimum Gasteiger partial charge on any atom is -0.481 e. The Labute approximate surface area is 133 Å². The number of carboxylic acid groups (broad SMARTS) is 5. The highest BCUT2D eigenvalue weighted by atomic mass is 16.6. The molecule has 0 aliphatic rings. The molecule has 0 aromatic heterocycles. The lowest BCUT2D eigenvalue weighted by atomic mass is 9.94. The molecule has 0 heterocycles. The fourth-order valence-electron chi connectivity index (χ4n) is 1.74. The Morgan fingerprint density at radius 2 is 1.21 bits per heavy atom. The summed E-state index contributed by atoms with van der Waals surface area (Å²) in [4.78, 5) is 65.7. The lowest BCUT2D eigenvalue weighted by molar-refractivity contribution is -0.187. The molecule has 134 valence electrons. The van der Waals surface area contributed by atoms with E-state index >= 15 is 0 Å². The van der Waals surface area contributed by atoms with Crippen molar-refractivity contribution in [2.24, 2.45) is 5.92 Å². The standard InChI is InChI=1S/C12H14O12/c13-6(14)1-5(10(20)21)2-9(19)24-12(11(22)23,3-7(15)16)4-8(17)18/h5H,1-4H2,(H,13,14)(H,15,16)(H,17,18)(H,20,21)(H,22,23). The van der Waals surface area contributed by atoms with E-state index < -0.39 is 73.0 Å². The molecule has 0 spiro atoms. The van der Waals surface area contributed by atoms with Crippen LogP contribution in [0.4, 0.5) is 0 Å². The van der Waals surface area contributed by atoms with E-state index in [-0.39, 0.29) is 0 Å². The summed E-state index contributed by atoms with van der Waals surface area (Å²) in [6, 6.07) is 0. The number of esters is 1. The van der Waals surface area contributed by atoms with Gasteiger partial charge in [0.2, 0.25) is 5.60 Å². The zero-order valence-electron chi connectivity index (χ0n) is 12.0. The molecule has 0 aliphatic heterocycles. The Kier molecular flexibility index (Phi) is 7.33. The average molecular weight is 350 g/mol. The van der Waals surface area contributed by atoms with Gasteiger partial charge in [-0.3, -0.25) is 24.0 Å². The lowest BCUT2D eigenvalue weighted by Crippen LogP contribution is -2.47. The van der Waals surface area contributed by atoms with Crippen molar-refractivity contribution in [3.63, 3.8) is 0 Å². The van der Waals surface area contributed by atoms with Crippen molar-refractivity contribution < 1.29 is 59.0 Å². The highest BCUT2D eigenvalue weighted by Crippen LogP contribution is 2.24. The third kappa shape index (κ3) is 6.72. The Bertz CT molecular complexity index is 546. The van der Waals surface area contributed by atoms with Gasteiger partial charge in [0.1, 0.15) is 0 Å². The van der Waals surface area contributed by atoms with Gasteiger partial charge in [0.25, 0.3) is 0 Å². The van der Waals surface area contributed by atoms with E-state index in [4.69, 9.17) is 25.5 Å². The average Bonchev–Trinajstić information content (AvgIpc) is 2.34. The van der Waals surface area contributed by atoms with Crippen LogP contribution in [-0.2, 0) is 33.5 Å². The van der Waals surface area contributed by atoms with E-state index in [1.54, 1.807) is 0 Å². The summed E-state index contributed by atoms with van der Waals surface area (Å²) in [6.07, 6.45) is -4.80. The van der Waals surface area contributed by atoms with Gasteiger partial charge in [0.05, 0.1) is 31.6 Å². The van der Waals surface area contributed by atoms with Crippen molar-refractivity contribution in [3.8, 4) is 0 Å². The fourth-order valence-corrected chi connectivity index (χ4v) is 1.74. The summed E-state index contributed by atoms with van der Waals surface area (Å²) in [7, 11) is 0. The van der Waals surface area contributed by atoms with Crippen molar-refractivity contribution >= 4 is 35.8 Å². The molecule has 1 atom stereocenters. The molecule has 0 radical (unpaired) electrons. The molecule has 0 fully saturated rings. The van der Waals surface area contributed by atoms with Gasteiger partial charge in [0.15, 0.2) is 0 Å². The largest absolute Gasteiger partial charge is 0.481 e. The first kappa shape index (κ1) is 20.8. The fraction of sp³-hybridized carbons (Fsp3) is 0.500. The number of rotatable bonds is 11. The summed E-state index contributed by atoms with van der Waals surface area (Å²) in [5, 5.41) is 43.8. The molecule has 24 heavy (non-hydrogen) atoms. The number of ether oxygens (including phenoxy) is 1. The van der Waals surface area contributed by atoms with Gasteiger partial charge in [-0.2, -0.15) is 0 Å². The maximum atomic E-state index is 11.7. The van der Waals surface area contributed by atoms with Crippen LogP contribution < -0.4 is 0 Å². The molecule has 0 saturated carbocycles. The van der Waals surface area contributed by atoms with Crippen LogP contribution >= 0.6 is 0 Å². The first-order valence-electron chi connectivity index (χ1n) is 6.23. The Morgan fingerprint density at radius 3 is 1.50 bits per heavy atom. The van der Waals surface area contributed by atoms with E-state index in [0.29, 0.717) is 0 Å². The minimum atomic E-state index is -2.94. The molecule has 12 nitrogen and oxygen atoms in total. The van der Waals surface area contributed by atoms with Crippen LogP contribution in [0.15, 0.2) is 0 Å². The van der Waals surface area contributed by atoms with Gasteiger partial charge >= 0.3 is 35.8 Å². The van der Waals surface area contributed by atoms with Gasteiger partial charge in [-0.1, -0.05) is 0 Å². The summed E-state index contributed by atoms with van der Waals surface area (Å²) < 4.78 is 4.43. The molecule has 12 heteroatoms. The van der Waals surface area contributed by atoms with Crippen molar-refractivity contribution in [3.05, 3.63) is 0 Å². The number of carboxylic acids is 5. The maximum Gasteiger partial charge on any atom is 0.349 e. The summed E-state index contributed by atoms with van der Waals surface area (Å²) in [5.74, 6) is -12.1. The number of hydrogen-bond acceptors (Lipinski definition) is 7. The normalized spacial score (nSPS) is 12.0. The first-order valence-corrected chi connectivity index (χ1v) is 6.23. The maximum absolute atomic E-state index is 11.7. The number of aliphatic carboxylic acids is 5. The Morgan fingerprint density at radius 1 is 0.750 bits per heavy atom. The van der Waals surface area contributed by atoms with Crippen LogP contribution in [0.3, 0.4) is 0 Å². The second kappa shape index (κ2) is 8.45. The topological polar surface area (TPSA) is 213 Å². The molecule has 1 unspecified atom stereocenters. The predicted octanol–water partition coefficient (Wildman–Crippen LogP) is -1.13. The highest BCUT2D eigenvalue weighted by Gasteiger charge is 2.47. The second-order valence-corrected chi connectivity index (χ2v) is 4.75. The van der Waals surface area contributed by atoms with Crippen molar-refractivity contribution in [2.45, 2.75) is 31.3 Å². The first-order chi connectivity index (χ1) is 10.9. The molecule has 0 aromatic rings. The third-order valence-corrected chi connectivity index (χ3v) is 2.76. The molecule has 0 aliphatic carbocycles. The van der Waals surface area contributed by atoms with Gasteiger partial charge < -0.3 is 30.3 Å². The van der Waals surface area contributed by atoms with Crippen molar-refractivity contribution in [2.75, 3.05) is 0 Å². The van der Waals surface area contributed by atoms with Crippen molar-refractivity contribution in [1.82, 2.24) is 0 Å². The SMILES string of the molecule is O=C(O)CC(CC(=O)OC(CC(=O)O)(CC(=O)O)C(=O)O)C(=O)O. The van der Waals surface area contributed by atoms with Crippen LogP contribution in [0, 0.1) is 5.92 Å². The minimum absolute atomic E-state index is 0.970. The molecular weight excluding hydrogens is 336 g/mol. The molecule has 0 bridgehead atoms. The van der Waals surface area contributed by atoms with Gasteiger partial charge in [0, 0.05) is 0 Å². The lowest BCUT2D eigenvalue weighted by Gasteiger charge is -2.26. The van der Waals surface area contributed by atoms with Crippen LogP contribution in [-0.4, -0.2) is 66.9 Å². The monoisotopic (exact) mass is 350 g/mol. The Hall–Kier alpha value is -3.18. The van der Waals surface area contributed by atoms with Crippen LogP contribution in [0.25, 0.3) is 0 Å². The number of carbonyl (C=O) groups is 6. The second-order valence-electron chi connectivity index (χ2n) is 4.75. The molecule has 0 rings (SSSR count). The summed E-state index contributed by atoms with van der Waals surface area (Å²) in [6.45, 7) is 0. The van der Waals surface area contributed by atoms with E-state index in [2.05, 4.69) is 4.74 Å². The predicted molar refractivity (Wildman–Crippen MR) is 69.0 cm³/mol. The van der Waals surface area contributed by atoms with E-state index in [9.17, 15) is 28.8 Å². The van der Waals surface area contributed by atoms with Gasteiger partial charge in [-0.15, -0.1) is 0 Å². The third-order valence-electron chi connectivity index (χ3n) is 2.76. The zero-order chi connectivity index (χ0) is 19.1. The van der Waals surface area contributed by atoms with E-state index in [0.717, 1.165) is 0 Å². The summed E-state index contributed by atoms with van der Waals surface area (Å²) >= 11 is 0. The molecule has 5 N–H and O–H groups in total. The van der Waals surface area contributed by atoms with Crippen molar-refractivity contribution in [1.29, 1.82) is 0 Å². The van der Waals surface area contributed by atoms with Crippen LogP contribution in [0.5, 0.6) is 0 Å². The summed E-state index contributed by atoms with van der Waals surface area (Å²) in [5.41, 5.74) is -2.94. The Balaban J connectivity index is 5.38. The van der Waals surface area contributed by atoms with Crippen LogP contribution in [0.2, 0.25) is 0 Å². The van der Waals surface area contributed by atoms with E-state index in [1.165, 1.54) is 0 Å². The quantitative estimate of drug-likeness (QED) is 0.280. The number of hydrogen-bond donors (Lipinski definition) is 5. The van der Waals surface area contributed by atoms with Gasteiger partial charge in [-0.25, -0.2) is 4.79 Å². The highest BCUT2D eigenvalue weighted by molar-refractivity contribution is 5.91. The van der Waals surface area contributed by atoms with Gasteiger partial charge in [-0.05, 0) is 0 Å². The van der Waals surface area contributed by atoms with E-state index in [1.807, 2.05) is 0 Å². The molecular formula is C12H14O12. The van der Waals surface area contributed by atoms with Crippen LogP contribution in [0.1, 0.15) is 25.7 Å². The molecule has 0 amide bonds. The number of carbonyl (C=O) groups excluding carboxylic acids is 1.